The fourth-order valence-corrected chi connectivity index (χ4v) is 2.09. The number of hydrogen-bond acceptors (Lipinski definition) is 5. The normalized spacial score (nSPS) is 12.2. The topological polar surface area (TPSA) is 74.3 Å². The Labute approximate surface area is 112 Å². The second-order valence-corrected chi connectivity index (χ2v) is 4.13. The van der Waals surface area contributed by atoms with E-state index < -0.39 is 0 Å². The first-order chi connectivity index (χ1) is 9.21. The minimum Gasteiger partial charge on any atom is -0.493 e. The van der Waals surface area contributed by atoms with E-state index in [0.717, 1.165) is 11.1 Å². The monoisotopic (exact) mass is 262 g/mol. The Hall–Kier alpha value is -2.05. The van der Waals surface area contributed by atoms with Crippen molar-refractivity contribution in [2.24, 2.45) is 12.9 Å². The van der Waals surface area contributed by atoms with E-state index in [1.807, 2.05) is 31.4 Å². The fourth-order valence-electron chi connectivity index (χ4n) is 2.09. The van der Waals surface area contributed by atoms with Crippen LogP contribution in [-0.4, -0.2) is 24.0 Å². The first-order valence-corrected chi connectivity index (χ1v) is 5.86. The van der Waals surface area contributed by atoms with E-state index in [4.69, 9.17) is 15.3 Å². The summed E-state index contributed by atoms with van der Waals surface area (Å²) >= 11 is 0. The lowest BCUT2D eigenvalue weighted by molar-refractivity contribution is 0.349. The summed E-state index contributed by atoms with van der Waals surface area (Å²) in [6.07, 6.45) is 3.67. The highest BCUT2D eigenvalue weighted by molar-refractivity contribution is 5.50. The molecule has 0 bridgehead atoms. The van der Waals surface area contributed by atoms with Gasteiger partial charge in [-0.25, -0.2) is 5.43 Å². The molecule has 0 amide bonds. The van der Waals surface area contributed by atoms with E-state index in [1.54, 1.807) is 25.1 Å². The van der Waals surface area contributed by atoms with Gasteiger partial charge in [0.25, 0.3) is 0 Å². The van der Waals surface area contributed by atoms with Crippen molar-refractivity contribution in [3.05, 3.63) is 41.7 Å². The van der Waals surface area contributed by atoms with Crippen LogP contribution in [0.1, 0.15) is 17.2 Å². The zero-order valence-corrected chi connectivity index (χ0v) is 11.3. The Morgan fingerprint density at radius 1 is 1.32 bits per heavy atom. The predicted octanol–water partition coefficient (Wildman–Crippen LogP) is 0.990. The number of rotatable bonds is 5. The van der Waals surface area contributed by atoms with Crippen LogP contribution in [-0.2, 0) is 7.05 Å². The third kappa shape index (κ3) is 2.54. The smallest absolute Gasteiger partial charge is 0.165 e. The maximum absolute atomic E-state index is 5.68. The quantitative estimate of drug-likeness (QED) is 0.621. The molecule has 6 heteroatoms. The zero-order chi connectivity index (χ0) is 13.8. The standard InChI is InChI=1S/C13H18N4O2/c1-17-8-9(7-15-17)12(16-14)10-5-4-6-11(18-2)13(10)19-3/h4-8,12,16H,14H2,1-3H3. The largest absolute Gasteiger partial charge is 0.493 e. The Morgan fingerprint density at radius 2 is 2.11 bits per heavy atom. The van der Waals surface area contributed by atoms with Gasteiger partial charge in [-0.3, -0.25) is 10.5 Å². The summed E-state index contributed by atoms with van der Waals surface area (Å²) in [6.45, 7) is 0. The number of nitrogens with one attached hydrogen (secondary N) is 1. The van der Waals surface area contributed by atoms with Crippen LogP contribution in [0.4, 0.5) is 0 Å². The minimum atomic E-state index is -0.209. The summed E-state index contributed by atoms with van der Waals surface area (Å²) in [4.78, 5) is 0. The molecule has 1 aromatic carbocycles. The molecule has 1 heterocycles. The Kier molecular flexibility index (Phi) is 4.03. The molecule has 1 atom stereocenters. The molecule has 0 aliphatic rings. The van der Waals surface area contributed by atoms with Crippen molar-refractivity contribution in [1.29, 1.82) is 0 Å². The van der Waals surface area contributed by atoms with E-state index in [0.29, 0.717) is 11.5 Å². The van der Waals surface area contributed by atoms with Gasteiger partial charge in [-0.1, -0.05) is 12.1 Å². The number of aryl methyl sites for hydroxylation is 1. The number of nitrogens with zero attached hydrogens (tertiary/aromatic N) is 2. The summed E-state index contributed by atoms with van der Waals surface area (Å²) in [5, 5.41) is 4.16. The molecule has 0 aliphatic carbocycles. The van der Waals surface area contributed by atoms with E-state index in [-0.39, 0.29) is 6.04 Å². The first-order valence-electron chi connectivity index (χ1n) is 5.86. The number of ether oxygens (including phenoxy) is 2. The average molecular weight is 262 g/mol. The molecule has 0 fully saturated rings. The molecule has 0 saturated heterocycles. The first kappa shape index (κ1) is 13.4. The lowest BCUT2D eigenvalue weighted by atomic mass is 10.0. The van der Waals surface area contributed by atoms with Gasteiger partial charge in [-0.15, -0.1) is 0 Å². The van der Waals surface area contributed by atoms with Crippen LogP contribution >= 0.6 is 0 Å². The van der Waals surface area contributed by atoms with Gasteiger partial charge in [0.2, 0.25) is 0 Å². The molecule has 0 saturated carbocycles. The van der Waals surface area contributed by atoms with Crippen molar-refractivity contribution in [1.82, 2.24) is 15.2 Å². The van der Waals surface area contributed by atoms with Crippen LogP contribution in [0.2, 0.25) is 0 Å². The van der Waals surface area contributed by atoms with Crippen LogP contribution in [0, 0.1) is 0 Å². The number of para-hydroxylation sites is 1. The van der Waals surface area contributed by atoms with E-state index in [1.165, 1.54) is 0 Å². The highest BCUT2D eigenvalue weighted by atomic mass is 16.5. The van der Waals surface area contributed by atoms with Gasteiger partial charge in [-0.2, -0.15) is 5.10 Å². The molecule has 0 aliphatic heterocycles. The van der Waals surface area contributed by atoms with Crippen molar-refractivity contribution in [2.75, 3.05) is 14.2 Å². The molecule has 0 radical (unpaired) electrons. The van der Waals surface area contributed by atoms with Gasteiger partial charge < -0.3 is 9.47 Å². The van der Waals surface area contributed by atoms with Gasteiger partial charge in [0, 0.05) is 24.4 Å². The third-order valence-corrected chi connectivity index (χ3v) is 2.97. The van der Waals surface area contributed by atoms with Crippen molar-refractivity contribution in [2.45, 2.75) is 6.04 Å². The number of nitrogens with two attached hydrogens (primary N) is 1. The van der Waals surface area contributed by atoms with Crippen molar-refractivity contribution < 1.29 is 9.47 Å². The molecule has 2 aromatic rings. The second kappa shape index (κ2) is 5.73. The van der Waals surface area contributed by atoms with Crippen molar-refractivity contribution in [3.8, 4) is 11.5 Å². The molecular weight excluding hydrogens is 244 g/mol. The molecule has 102 valence electrons. The van der Waals surface area contributed by atoms with Gasteiger partial charge >= 0.3 is 0 Å². The summed E-state index contributed by atoms with van der Waals surface area (Å²) in [7, 11) is 5.08. The summed E-state index contributed by atoms with van der Waals surface area (Å²) < 4.78 is 12.5. The minimum absolute atomic E-state index is 0.209. The van der Waals surface area contributed by atoms with E-state index in [9.17, 15) is 0 Å². The maximum Gasteiger partial charge on any atom is 0.165 e. The summed E-state index contributed by atoms with van der Waals surface area (Å²) in [5.74, 6) is 7.01. The average Bonchev–Trinajstić information content (AvgIpc) is 2.85. The van der Waals surface area contributed by atoms with Crippen LogP contribution in [0.15, 0.2) is 30.6 Å². The van der Waals surface area contributed by atoms with Gasteiger partial charge in [0.15, 0.2) is 11.5 Å². The van der Waals surface area contributed by atoms with Gasteiger partial charge in [0.1, 0.15) is 0 Å². The molecule has 1 aromatic heterocycles. The van der Waals surface area contributed by atoms with Crippen LogP contribution < -0.4 is 20.7 Å². The molecule has 1 unspecified atom stereocenters. The van der Waals surface area contributed by atoms with Crippen molar-refractivity contribution in [3.63, 3.8) is 0 Å². The highest BCUT2D eigenvalue weighted by Crippen LogP contribution is 2.36. The Bertz CT molecular complexity index is 553. The van der Waals surface area contributed by atoms with E-state index in [2.05, 4.69) is 10.5 Å². The highest BCUT2D eigenvalue weighted by Gasteiger charge is 2.20. The van der Waals surface area contributed by atoms with Crippen molar-refractivity contribution >= 4 is 0 Å². The lowest BCUT2D eigenvalue weighted by Crippen LogP contribution is -2.29. The van der Waals surface area contributed by atoms with Gasteiger partial charge in [0.05, 0.1) is 26.5 Å². The molecule has 6 nitrogen and oxygen atoms in total. The Morgan fingerprint density at radius 3 is 2.63 bits per heavy atom. The third-order valence-electron chi connectivity index (χ3n) is 2.97. The maximum atomic E-state index is 5.68. The number of benzene rings is 1. The zero-order valence-electron chi connectivity index (χ0n) is 11.3. The van der Waals surface area contributed by atoms with E-state index >= 15 is 0 Å². The Balaban J connectivity index is 2.49. The lowest BCUT2D eigenvalue weighted by Gasteiger charge is -2.19. The van der Waals surface area contributed by atoms with Crippen LogP contribution in [0.5, 0.6) is 11.5 Å². The van der Waals surface area contributed by atoms with Gasteiger partial charge in [-0.05, 0) is 6.07 Å². The number of hydrazine groups is 1. The molecule has 0 spiro atoms. The van der Waals surface area contributed by atoms with Crippen LogP contribution in [0.3, 0.4) is 0 Å². The summed E-state index contributed by atoms with van der Waals surface area (Å²) in [5.41, 5.74) is 4.64. The second-order valence-electron chi connectivity index (χ2n) is 4.13. The van der Waals surface area contributed by atoms with Crippen LogP contribution in [0.25, 0.3) is 0 Å². The SMILES string of the molecule is COc1cccc(C(NN)c2cnn(C)c2)c1OC. The molecule has 19 heavy (non-hydrogen) atoms. The predicted molar refractivity (Wildman–Crippen MR) is 71.9 cm³/mol. The number of hydrogen-bond donors (Lipinski definition) is 2. The fraction of sp³-hybridized carbons (Fsp3) is 0.308. The number of aromatic nitrogens is 2. The number of methoxy groups -OCH3 is 2. The summed E-state index contributed by atoms with van der Waals surface area (Å²) in [6, 6.07) is 5.48. The molecular formula is C13H18N4O2. The molecule has 2 rings (SSSR count). The molecule has 3 N–H and O–H groups in total.